The Balaban J connectivity index is 2.10. The number of hydrogen-bond acceptors (Lipinski definition) is 2. The topological polar surface area (TPSA) is 25.2 Å². The summed E-state index contributed by atoms with van der Waals surface area (Å²) in [6.07, 6.45) is 1.26. The summed E-state index contributed by atoms with van der Waals surface area (Å²) in [4.78, 5) is 14.1. The summed E-state index contributed by atoms with van der Waals surface area (Å²) < 4.78 is 1.98. The van der Waals surface area contributed by atoms with Crippen molar-refractivity contribution in [1.82, 2.24) is 9.47 Å². The number of nitrogens with zero attached hydrogens (tertiary/aromatic N) is 2. The van der Waals surface area contributed by atoms with E-state index >= 15 is 0 Å². The second kappa shape index (κ2) is 3.20. The number of aromatic nitrogens is 1. The maximum atomic E-state index is 11.7. The van der Waals surface area contributed by atoms with Gasteiger partial charge in [-0.05, 0) is 25.5 Å². The van der Waals surface area contributed by atoms with Crippen LogP contribution >= 0.6 is 0 Å². The minimum atomic E-state index is 0.173. The number of hydrogen-bond donors (Lipinski definition) is 0. The molecule has 3 heterocycles. The van der Waals surface area contributed by atoms with E-state index in [0.717, 1.165) is 19.6 Å². The molecular weight excluding hydrogens is 187 g/mol. The van der Waals surface area contributed by atoms with Gasteiger partial charge in [-0.25, -0.2) is 0 Å². The number of likely N-dealkylation sites (N-methyl/N-ethyl adjacent to an activating group) is 1. The minimum absolute atomic E-state index is 0.173. The molecule has 0 amide bonds. The fourth-order valence-corrected chi connectivity index (χ4v) is 3.14. The van der Waals surface area contributed by atoms with Crippen molar-refractivity contribution < 1.29 is 0 Å². The molecule has 0 N–H and O–H groups in total. The van der Waals surface area contributed by atoms with Crippen molar-refractivity contribution in [1.29, 1.82) is 0 Å². The van der Waals surface area contributed by atoms with E-state index in [1.807, 2.05) is 10.6 Å². The average Bonchev–Trinajstić information content (AvgIpc) is 2.19. The predicted octanol–water partition coefficient (Wildman–Crippen LogP) is 0.897. The molecule has 2 bridgehead atoms. The van der Waals surface area contributed by atoms with Crippen LogP contribution in [0.3, 0.4) is 0 Å². The van der Waals surface area contributed by atoms with Gasteiger partial charge in [0.25, 0.3) is 5.56 Å². The van der Waals surface area contributed by atoms with E-state index in [4.69, 9.17) is 0 Å². The molecule has 3 rings (SSSR count). The average molecular weight is 203 g/mol. The molecule has 80 valence electrons. The standard InChI is InChI=1S/C12H16N2O/c1-13-6-9-5-10(8-13)11-3-2-4-12(15)14(11)7-9/h2-4,9-10H,5-8H2,1H3/t9-,10+/m0/s1/i1-1. The highest BCUT2D eigenvalue weighted by Crippen LogP contribution is 2.33. The first kappa shape index (κ1) is 9.16. The van der Waals surface area contributed by atoms with E-state index < -0.39 is 0 Å². The molecule has 1 fully saturated rings. The number of likely N-dealkylation sites (tertiary alicyclic amines) is 1. The highest BCUT2D eigenvalue weighted by molar-refractivity contribution is 5.16. The number of piperidine rings is 1. The summed E-state index contributed by atoms with van der Waals surface area (Å²) in [6.45, 7) is 3.15. The van der Waals surface area contributed by atoms with Crippen molar-refractivity contribution in [2.24, 2.45) is 5.92 Å². The molecule has 1 saturated heterocycles. The van der Waals surface area contributed by atoms with Gasteiger partial charge in [0.1, 0.15) is 0 Å². The summed E-state index contributed by atoms with van der Waals surface area (Å²) in [7, 11) is 2.18. The van der Waals surface area contributed by atoms with E-state index in [1.54, 1.807) is 6.07 Å². The third-order valence-corrected chi connectivity index (χ3v) is 3.66. The summed E-state index contributed by atoms with van der Waals surface area (Å²) in [5.41, 5.74) is 1.41. The SMILES string of the molecule is [11CH3]N1C[C@@H]2C[C@H](C1)c1cccc(=O)n1C2. The lowest BCUT2D eigenvalue weighted by Gasteiger charge is -2.41. The molecule has 2 aliphatic rings. The van der Waals surface area contributed by atoms with Gasteiger partial charge in [-0.3, -0.25) is 4.79 Å². The molecule has 0 aliphatic carbocycles. The van der Waals surface area contributed by atoms with Gasteiger partial charge < -0.3 is 9.47 Å². The van der Waals surface area contributed by atoms with Crippen LogP contribution in [-0.4, -0.2) is 29.6 Å². The molecule has 3 nitrogen and oxygen atoms in total. The normalized spacial score (nSPS) is 29.9. The van der Waals surface area contributed by atoms with Crippen LogP contribution < -0.4 is 5.56 Å². The van der Waals surface area contributed by atoms with E-state index in [9.17, 15) is 4.79 Å². The summed E-state index contributed by atoms with van der Waals surface area (Å²) in [5, 5.41) is 0. The molecule has 1 aromatic rings. The Kier molecular flexibility index (Phi) is 1.96. The van der Waals surface area contributed by atoms with Crippen molar-refractivity contribution in [3.05, 3.63) is 34.2 Å². The first-order valence-corrected chi connectivity index (χ1v) is 5.62. The van der Waals surface area contributed by atoms with Gasteiger partial charge in [0, 0.05) is 37.3 Å². The zero-order valence-electron chi connectivity index (χ0n) is 9.02. The van der Waals surface area contributed by atoms with Gasteiger partial charge in [-0.15, -0.1) is 0 Å². The highest BCUT2D eigenvalue weighted by Gasteiger charge is 2.32. The predicted molar refractivity (Wildman–Crippen MR) is 59.0 cm³/mol. The zero-order valence-corrected chi connectivity index (χ0v) is 9.02. The van der Waals surface area contributed by atoms with Crippen LogP contribution in [0.15, 0.2) is 23.0 Å². The van der Waals surface area contributed by atoms with Crippen LogP contribution in [0.2, 0.25) is 0 Å². The molecule has 15 heavy (non-hydrogen) atoms. The van der Waals surface area contributed by atoms with Crippen LogP contribution in [-0.2, 0) is 6.54 Å². The number of rotatable bonds is 0. The van der Waals surface area contributed by atoms with Gasteiger partial charge in [0.05, 0.1) is 0 Å². The smallest absolute Gasteiger partial charge is 0.250 e. The fourth-order valence-electron chi connectivity index (χ4n) is 3.14. The van der Waals surface area contributed by atoms with E-state index in [-0.39, 0.29) is 5.56 Å². The Morgan fingerprint density at radius 2 is 2.13 bits per heavy atom. The van der Waals surface area contributed by atoms with Crippen LogP contribution in [0.25, 0.3) is 0 Å². The molecule has 2 atom stereocenters. The van der Waals surface area contributed by atoms with Gasteiger partial charge in [0.2, 0.25) is 0 Å². The zero-order chi connectivity index (χ0) is 10.4. The Hall–Kier alpha value is -1.09. The molecule has 0 radical (unpaired) electrons. The molecule has 0 spiro atoms. The van der Waals surface area contributed by atoms with Crippen LogP contribution in [0.5, 0.6) is 0 Å². The van der Waals surface area contributed by atoms with Crippen molar-refractivity contribution in [2.75, 3.05) is 20.1 Å². The van der Waals surface area contributed by atoms with Crippen LogP contribution in [0.1, 0.15) is 18.0 Å². The van der Waals surface area contributed by atoms with E-state index in [2.05, 4.69) is 18.0 Å². The third kappa shape index (κ3) is 1.42. The lowest BCUT2D eigenvalue weighted by molar-refractivity contribution is 0.145. The molecule has 0 unspecified atom stereocenters. The monoisotopic (exact) mass is 203 g/mol. The van der Waals surface area contributed by atoms with Crippen molar-refractivity contribution in [2.45, 2.75) is 18.9 Å². The first-order valence-electron chi connectivity index (χ1n) is 5.62. The lowest BCUT2D eigenvalue weighted by Crippen LogP contribution is -2.45. The number of pyridine rings is 1. The van der Waals surface area contributed by atoms with Crippen LogP contribution in [0, 0.1) is 5.92 Å². The molecular formula is C12H16N2O. The summed E-state index contributed by atoms with van der Waals surface area (Å²) in [5.74, 6) is 1.23. The Morgan fingerprint density at radius 3 is 3.00 bits per heavy atom. The lowest BCUT2D eigenvalue weighted by atomic mass is 9.82. The van der Waals surface area contributed by atoms with Crippen LogP contribution in [0.4, 0.5) is 0 Å². The second-order valence-corrected chi connectivity index (χ2v) is 4.92. The summed E-state index contributed by atoms with van der Waals surface area (Å²) in [6, 6.07) is 5.68. The van der Waals surface area contributed by atoms with E-state index in [1.165, 1.54) is 12.1 Å². The van der Waals surface area contributed by atoms with Gasteiger partial charge in [-0.1, -0.05) is 6.07 Å². The Bertz CT molecular complexity index is 437. The highest BCUT2D eigenvalue weighted by atomic mass is 16.1. The molecule has 1 aromatic heterocycles. The maximum absolute atomic E-state index is 11.7. The summed E-state index contributed by atoms with van der Waals surface area (Å²) >= 11 is 0. The Labute approximate surface area is 89.3 Å². The third-order valence-electron chi connectivity index (χ3n) is 3.66. The second-order valence-electron chi connectivity index (χ2n) is 4.92. The van der Waals surface area contributed by atoms with Crippen molar-refractivity contribution in [3.8, 4) is 0 Å². The van der Waals surface area contributed by atoms with Gasteiger partial charge in [0.15, 0.2) is 0 Å². The van der Waals surface area contributed by atoms with Gasteiger partial charge in [-0.2, -0.15) is 0 Å². The molecule has 0 saturated carbocycles. The number of fused-ring (bicyclic) bond motifs is 4. The Morgan fingerprint density at radius 1 is 1.27 bits per heavy atom. The quantitative estimate of drug-likeness (QED) is 0.626. The first-order chi connectivity index (χ1) is 7.24. The van der Waals surface area contributed by atoms with Crippen molar-refractivity contribution >= 4 is 0 Å². The van der Waals surface area contributed by atoms with E-state index in [0.29, 0.717) is 11.8 Å². The fraction of sp³-hybridized carbons (Fsp3) is 0.583. The molecule has 2 aliphatic heterocycles. The largest absolute Gasteiger partial charge is 0.312 e. The minimum Gasteiger partial charge on any atom is -0.312 e. The molecule has 0 aromatic carbocycles. The van der Waals surface area contributed by atoms with Gasteiger partial charge >= 0.3 is 0 Å². The van der Waals surface area contributed by atoms with Crippen molar-refractivity contribution in [3.63, 3.8) is 0 Å². The molecule has 3 heteroatoms. The maximum Gasteiger partial charge on any atom is 0.250 e.